The van der Waals surface area contributed by atoms with Crippen molar-refractivity contribution in [1.29, 1.82) is 0 Å². The Morgan fingerprint density at radius 3 is 2.36 bits per heavy atom. The Balaban J connectivity index is 3.16. The fourth-order valence-electron chi connectivity index (χ4n) is 0.697. The van der Waals surface area contributed by atoms with Crippen LogP contribution in [0.1, 0.15) is 0 Å². The molecule has 1 heterocycles. The van der Waals surface area contributed by atoms with Crippen molar-refractivity contribution in [3.63, 3.8) is 0 Å². The number of aromatic nitrogens is 1. The third-order valence-electron chi connectivity index (χ3n) is 1.13. The molecule has 78 valence electrons. The Morgan fingerprint density at radius 2 is 1.93 bits per heavy atom. The van der Waals surface area contributed by atoms with Crippen LogP contribution in [0, 0.1) is 0 Å². The lowest BCUT2D eigenvalue weighted by Crippen LogP contribution is -2.23. The Kier molecular flexibility index (Phi) is 3.25. The molecule has 1 rings (SSSR count). The highest BCUT2D eigenvalue weighted by molar-refractivity contribution is 9.11. The van der Waals surface area contributed by atoms with Crippen molar-refractivity contribution in [3.05, 3.63) is 25.5 Å². The molecule has 3 nitrogen and oxygen atoms in total. The summed E-state index contributed by atoms with van der Waals surface area (Å²) in [4.78, 5) is 13.1. The molecule has 0 spiro atoms. The number of rotatable bonds is 1. The highest BCUT2D eigenvalue weighted by Crippen LogP contribution is 2.27. The molecule has 0 amide bonds. The highest BCUT2D eigenvalue weighted by atomic mass is 79.9. The van der Waals surface area contributed by atoms with Crippen molar-refractivity contribution in [3.8, 4) is 5.75 Å². The molecule has 0 unspecified atom stereocenters. The molecule has 1 aromatic rings. The lowest BCUT2D eigenvalue weighted by Gasteiger charge is -2.09. The van der Waals surface area contributed by atoms with Crippen molar-refractivity contribution in [2.24, 2.45) is 0 Å². The molecular weight excluding hydrogens is 335 g/mol. The van der Waals surface area contributed by atoms with Crippen molar-refractivity contribution >= 4 is 31.9 Å². The first-order chi connectivity index (χ1) is 6.29. The van der Waals surface area contributed by atoms with Gasteiger partial charge in [0.15, 0.2) is 0 Å². The predicted octanol–water partition coefficient (Wildman–Crippen LogP) is 2.80. The molecule has 14 heavy (non-hydrogen) atoms. The van der Waals surface area contributed by atoms with Gasteiger partial charge in [-0.2, -0.15) is 0 Å². The van der Waals surface area contributed by atoms with E-state index in [1.165, 1.54) is 6.07 Å². The van der Waals surface area contributed by atoms with Gasteiger partial charge in [0, 0.05) is 0 Å². The van der Waals surface area contributed by atoms with E-state index in [9.17, 15) is 18.0 Å². The molecule has 0 atom stereocenters. The zero-order valence-electron chi connectivity index (χ0n) is 6.28. The lowest BCUT2D eigenvalue weighted by molar-refractivity contribution is -0.275. The normalized spacial score (nSPS) is 11.5. The second kappa shape index (κ2) is 3.93. The van der Waals surface area contributed by atoms with E-state index in [0.717, 1.165) is 0 Å². The maximum atomic E-state index is 11.8. The van der Waals surface area contributed by atoms with Gasteiger partial charge in [0.2, 0.25) is 5.75 Å². The summed E-state index contributed by atoms with van der Waals surface area (Å²) in [6.07, 6.45) is -4.89. The number of nitrogens with one attached hydrogen (secondary N) is 1. The van der Waals surface area contributed by atoms with E-state index in [2.05, 4.69) is 41.6 Å². The second-order valence-corrected chi connectivity index (χ2v) is 3.88. The Hall–Kier alpha value is -0.500. The fourth-order valence-corrected chi connectivity index (χ4v) is 1.90. The SMILES string of the molecule is O=c1[nH]c(Br)cc(Br)c1OC(F)(F)F. The first-order valence-corrected chi connectivity index (χ1v) is 4.72. The maximum Gasteiger partial charge on any atom is 0.573 e. The van der Waals surface area contributed by atoms with Crippen LogP contribution >= 0.6 is 31.9 Å². The van der Waals surface area contributed by atoms with E-state index >= 15 is 0 Å². The molecule has 0 fully saturated rings. The van der Waals surface area contributed by atoms with Gasteiger partial charge in [-0.1, -0.05) is 0 Å². The van der Waals surface area contributed by atoms with E-state index in [4.69, 9.17) is 0 Å². The summed E-state index contributed by atoms with van der Waals surface area (Å²) in [6, 6.07) is 1.24. The molecule has 0 aromatic carbocycles. The molecule has 1 aromatic heterocycles. The van der Waals surface area contributed by atoms with Gasteiger partial charge in [-0.15, -0.1) is 13.2 Å². The van der Waals surface area contributed by atoms with Crippen molar-refractivity contribution in [2.75, 3.05) is 0 Å². The first kappa shape index (κ1) is 11.6. The summed E-state index contributed by atoms with van der Waals surface area (Å²) < 4.78 is 39.1. The van der Waals surface area contributed by atoms with Gasteiger partial charge in [-0.25, -0.2) is 0 Å². The smallest absolute Gasteiger partial charge is 0.399 e. The van der Waals surface area contributed by atoms with Crippen LogP contribution in [0.25, 0.3) is 0 Å². The van der Waals surface area contributed by atoms with Crippen LogP contribution in [-0.4, -0.2) is 11.3 Å². The molecule has 0 radical (unpaired) electrons. The van der Waals surface area contributed by atoms with Gasteiger partial charge in [-0.3, -0.25) is 4.79 Å². The number of halogens is 5. The molecule has 1 N–H and O–H groups in total. The average Bonchev–Trinajstić information content (AvgIpc) is 1.95. The van der Waals surface area contributed by atoms with Crippen LogP contribution in [0.15, 0.2) is 19.9 Å². The van der Waals surface area contributed by atoms with E-state index in [-0.39, 0.29) is 9.08 Å². The average molecular weight is 337 g/mol. The van der Waals surface area contributed by atoms with Gasteiger partial charge >= 0.3 is 6.36 Å². The van der Waals surface area contributed by atoms with Crippen LogP contribution in [-0.2, 0) is 0 Å². The van der Waals surface area contributed by atoms with Crippen LogP contribution < -0.4 is 10.3 Å². The number of aromatic amines is 1. The summed E-state index contributed by atoms with van der Waals surface area (Å²) in [5, 5.41) is 0. The number of hydrogen-bond acceptors (Lipinski definition) is 2. The molecule has 0 aliphatic carbocycles. The zero-order valence-corrected chi connectivity index (χ0v) is 9.46. The second-order valence-electron chi connectivity index (χ2n) is 2.17. The minimum Gasteiger partial charge on any atom is -0.399 e. The van der Waals surface area contributed by atoms with Crippen LogP contribution in [0.2, 0.25) is 0 Å². The molecule has 0 aliphatic rings. The number of ether oxygens (including phenoxy) is 1. The van der Waals surface area contributed by atoms with E-state index in [1.807, 2.05) is 0 Å². The molecular formula is C6H2Br2F3NO2. The third-order valence-corrected chi connectivity index (χ3v) is 2.14. The Bertz CT molecular complexity index is 401. The zero-order chi connectivity index (χ0) is 10.9. The third kappa shape index (κ3) is 3.02. The van der Waals surface area contributed by atoms with Gasteiger partial charge in [0.25, 0.3) is 5.56 Å². The number of hydrogen-bond donors (Lipinski definition) is 1. The summed E-state index contributed by atoms with van der Waals surface area (Å²) in [5.41, 5.74) is -0.969. The van der Waals surface area contributed by atoms with Gasteiger partial charge in [-0.05, 0) is 37.9 Å². The van der Waals surface area contributed by atoms with Gasteiger partial charge < -0.3 is 9.72 Å². The molecule has 8 heteroatoms. The molecule has 0 aliphatic heterocycles. The van der Waals surface area contributed by atoms with Crippen LogP contribution in [0.4, 0.5) is 13.2 Å². The Labute approximate surface area is 92.5 Å². The number of pyridine rings is 1. The Morgan fingerprint density at radius 1 is 1.36 bits per heavy atom. The van der Waals surface area contributed by atoms with Crippen molar-refractivity contribution < 1.29 is 17.9 Å². The maximum absolute atomic E-state index is 11.8. The van der Waals surface area contributed by atoms with Crippen molar-refractivity contribution in [1.82, 2.24) is 4.98 Å². The molecule has 0 saturated heterocycles. The van der Waals surface area contributed by atoms with Crippen molar-refractivity contribution in [2.45, 2.75) is 6.36 Å². The van der Waals surface area contributed by atoms with E-state index in [0.29, 0.717) is 0 Å². The first-order valence-electron chi connectivity index (χ1n) is 3.13. The summed E-state index contributed by atoms with van der Waals surface area (Å²) in [5.74, 6) is -0.819. The summed E-state index contributed by atoms with van der Waals surface area (Å²) >= 11 is 5.68. The van der Waals surface area contributed by atoms with Gasteiger partial charge in [0.05, 0.1) is 9.08 Å². The fraction of sp³-hybridized carbons (Fsp3) is 0.167. The van der Waals surface area contributed by atoms with E-state index in [1.54, 1.807) is 0 Å². The largest absolute Gasteiger partial charge is 0.573 e. The topological polar surface area (TPSA) is 42.1 Å². The highest BCUT2D eigenvalue weighted by Gasteiger charge is 2.33. The standard InChI is InChI=1S/C6H2Br2F3NO2/c7-2-1-3(8)12-5(13)4(2)14-6(9,10)11/h1H,(H,12,13). The molecule has 0 saturated carbocycles. The van der Waals surface area contributed by atoms with E-state index < -0.39 is 17.7 Å². The summed E-state index contributed by atoms with van der Waals surface area (Å²) in [6.45, 7) is 0. The molecule has 0 bridgehead atoms. The monoisotopic (exact) mass is 335 g/mol. The number of H-pyrrole nitrogens is 1. The predicted molar refractivity (Wildman–Crippen MR) is 49.1 cm³/mol. The van der Waals surface area contributed by atoms with Gasteiger partial charge in [0.1, 0.15) is 0 Å². The van der Waals surface area contributed by atoms with Crippen LogP contribution in [0.3, 0.4) is 0 Å². The van der Waals surface area contributed by atoms with Crippen LogP contribution in [0.5, 0.6) is 5.75 Å². The number of alkyl halides is 3. The minimum atomic E-state index is -4.89. The lowest BCUT2D eigenvalue weighted by atomic mass is 10.4. The minimum absolute atomic E-state index is 0.0783. The summed E-state index contributed by atoms with van der Waals surface area (Å²) in [7, 11) is 0. The quantitative estimate of drug-likeness (QED) is 0.801.